The Labute approximate surface area is 137 Å². The van der Waals surface area contributed by atoms with Crippen LogP contribution in [-0.4, -0.2) is 32.2 Å². The minimum absolute atomic E-state index is 0.168. The molecular formula is C16H17BrN2O3. The lowest BCUT2D eigenvalue weighted by Gasteiger charge is -2.30. The number of carbonyl (C=O) groups excluding carboxylic acids is 1. The number of furan rings is 1. The number of benzene rings is 1. The molecule has 1 N–H and O–H groups in total. The number of amides is 1. The van der Waals surface area contributed by atoms with Crippen molar-refractivity contribution in [2.75, 3.05) is 36.5 Å². The van der Waals surface area contributed by atoms with Crippen LogP contribution in [0.4, 0.5) is 11.4 Å². The number of halogens is 1. The first kappa shape index (κ1) is 15.1. The van der Waals surface area contributed by atoms with Crippen molar-refractivity contribution in [3.8, 4) is 0 Å². The minimum atomic E-state index is -0.168. The van der Waals surface area contributed by atoms with Gasteiger partial charge in [0.25, 0.3) is 5.91 Å². The van der Waals surface area contributed by atoms with Crippen molar-refractivity contribution in [3.05, 3.63) is 46.3 Å². The molecular weight excluding hydrogens is 348 g/mol. The van der Waals surface area contributed by atoms with Crippen molar-refractivity contribution in [2.24, 2.45) is 0 Å². The molecule has 0 radical (unpaired) electrons. The number of hydrogen-bond acceptors (Lipinski definition) is 4. The van der Waals surface area contributed by atoms with Gasteiger partial charge in [-0.3, -0.25) is 4.79 Å². The normalized spacial score (nSPS) is 14.9. The highest BCUT2D eigenvalue weighted by Crippen LogP contribution is 2.30. The second-order valence-electron chi connectivity index (χ2n) is 5.11. The summed E-state index contributed by atoms with van der Waals surface area (Å²) in [6, 6.07) is 7.58. The maximum absolute atomic E-state index is 12.4. The molecule has 5 nitrogen and oxygen atoms in total. The van der Waals surface area contributed by atoms with Crippen LogP contribution in [0.25, 0.3) is 0 Å². The highest BCUT2D eigenvalue weighted by atomic mass is 79.9. The van der Waals surface area contributed by atoms with Gasteiger partial charge in [-0.2, -0.15) is 0 Å². The smallest absolute Gasteiger partial charge is 0.259 e. The van der Waals surface area contributed by atoms with Crippen molar-refractivity contribution in [3.63, 3.8) is 0 Å². The number of ether oxygens (including phenoxy) is 1. The number of nitrogens with zero attached hydrogens (tertiary/aromatic N) is 1. The van der Waals surface area contributed by atoms with Crippen molar-refractivity contribution in [1.82, 2.24) is 0 Å². The van der Waals surface area contributed by atoms with Gasteiger partial charge in [0.2, 0.25) is 0 Å². The van der Waals surface area contributed by atoms with Crippen LogP contribution >= 0.6 is 15.9 Å². The van der Waals surface area contributed by atoms with Gasteiger partial charge in [0.15, 0.2) is 0 Å². The first-order valence-electron chi connectivity index (χ1n) is 7.13. The van der Waals surface area contributed by atoms with E-state index in [9.17, 15) is 4.79 Å². The molecule has 116 valence electrons. The van der Waals surface area contributed by atoms with E-state index in [1.54, 1.807) is 13.0 Å². The summed E-state index contributed by atoms with van der Waals surface area (Å²) < 4.78 is 11.5. The van der Waals surface area contributed by atoms with E-state index < -0.39 is 0 Å². The molecule has 1 amide bonds. The second kappa shape index (κ2) is 6.54. The van der Waals surface area contributed by atoms with Crippen LogP contribution in [0.5, 0.6) is 0 Å². The maximum Gasteiger partial charge on any atom is 0.259 e. The number of hydrogen-bond donors (Lipinski definition) is 1. The molecule has 1 aliphatic rings. The molecule has 1 aromatic carbocycles. The summed E-state index contributed by atoms with van der Waals surface area (Å²) in [7, 11) is 0. The quantitative estimate of drug-likeness (QED) is 0.906. The molecule has 0 aliphatic carbocycles. The van der Waals surface area contributed by atoms with Gasteiger partial charge in [0.05, 0.1) is 36.4 Å². The van der Waals surface area contributed by atoms with Gasteiger partial charge >= 0.3 is 0 Å². The molecule has 1 fully saturated rings. The molecule has 2 heterocycles. The SMILES string of the molecule is Cc1occc1C(=O)Nc1cc(Br)ccc1N1CCOCC1. The molecule has 1 aromatic heterocycles. The van der Waals surface area contributed by atoms with Gasteiger partial charge in [-0.1, -0.05) is 15.9 Å². The zero-order valence-corrected chi connectivity index (χ0v) is 13.9. The molecule has 0 unspecified atom stereocenters. The Morgan fingerprint density at radius 1 is 1.27 bits per heavy atom. The Morgan fingerprint density at radius 3 is 2.73 bits per heavy atom. The average molecular weight is 365 g/mol. The Hall–Kier alpha value is -1.79. The lowest BCUT2D eigenvalue weighted by atomic mass is 10.2. The van der Waals surface area contributed by atoms with E-state index in [0.717, 1.165) is 28.9 Å². The third-order valence-corrected chi connectivity index (χ3v) is 4.16. The molecule has 0 atom stereocenters. The number of anilines is 2. The van der Waals surface area contributed by atoms with E-state index in [4.69, 9.17) is 9.15 Å². The van der Waals surface area contributed by atoms with Gasteiger partial charge in [-0.15, -0.1) is 0 Å². The fraction of sp³-hybridized carbons (Fsp3) is 0.312. The van der Waals surface area contributed by atoms with E-state index >= 15 is 0 Å². The predicted octanol–water partition coefficient (Wildman–Crippen LogP) is 3.44. The van der Waals surface area contributed by atoms with Crippen LogP contribution in [0, 0.1) is 6.92 Å². The first-order chi connectivity index (χ1) is 10.6. The standard InChI is InChI=1S/C16H17BrN2O3/c1-11-13(4-7-22-11)16(20)18-14-10-12(17)2-3-15(14)19-5-8-21-9-6-19/h2-4,7,10H,5-6,8-9H2,1H3,(H,18,20). The third kappa shape index (κ3) is 3.18. The van der Waals surface area contributed by atoms with Crippen molar-refractivity contribution in [1.29, 1.82) is 0 Å². The average Bonchev–Trinajstić information content (AvgIpc) is 2.94. The van der Waals surface area contributed by atoms with Crippen LogP contribution in [0.1, 0.15) is 16.1 Å². The Kier molecular flexibility index (Phi) is 4.49. The monoisotopic (exact) mass is 364 g/mol. The fourth-order valence-electron chi connectivity index (χ4n) is 2.50. The van der Waals surface area contributed by atoms with E-state index in [1.807, 2.05) is 18.2 Å². The van der Waals surface area contributed by atoms with Crippen molar-refractivity contribution < 1.29 is 13.9 Å². The predicted molar refractivity (Wildman–Crippen MR) is 88.6 cm³/mol. The van der Waals surface area contributed by atoms with Gasteiger partial charge in [-0.05, 0) is 31.2 Å². The second-order valence-corrected chi connectivity index (χ2v) is 6.02. The highest BCUT2D eigenvalue weighted by Gasteiger charge is 2.18. The zero-order chi connectivity index (χ0) is 15.5. The third-order valence-electron chi connectivity index (χ3n) is 3.66. The molecule has 6 heteroatoms. The van der Waals surface area contributed by atoms with E-state index in [-0.39, 0.29) is 5.91 Å². The van der Waals surface area contributed by atoms with E-state index in [0.29, 0.717) is 24.5 Å². The molecule has 1 aliphatic heterocycles. The number of morpholine rings is 1. The molecule has 0 bridgehead atoms. The Balaban J connectivity index is 1.87. The summed E-state index contributed by atoms with van der Waals surface area (Å²) in [6.07, 6.45) is 1.52. The van der Waals surface area contributed by atoms with Gasteiger partial charge in [-0.25, -0.2) is 0 Å². The summed E-state index contributed by atoms with van der Waals surface area (Å²) in [4.78, 5) is 14.6. The van der Waals surface area contributed by atoms with Gasteiger partial charge in [0, 0.05) is 17.6 Å². The van der Waals surface area contributed by atoms with E-state index in [1.165, 1.54) is 6.26 Å². The van der Waals surface area contributed by atoms with Crippen LogP contribution < -0.4 is 10.2 Å². The number of aryl methyl sites for hydroxylation is 1. The lowest BCUT2D eigenvalue weighted by molar-refractivity contribution is 0.102. The summed E-state index contributed by atoms with van der Waals surface area (Å²) in [5.74, 6) is 0.444. The lowest BCUT2D eigenvalue weighted by Crippen LogP contribution is -2.36. The summed E-state index contributed by atoms with van der Waals surface area (Å²) in [5, 5.41) is 2.98. The largest absolute Gasteiger partial charge is 0.469 e. The molecule has 0 saturated carbocycles. The minimum Gasteiger partial charge on any atom is -0.469 e. The van der Waals surface area contributed by atoms with Crippen LogP contribution in [0.3, 0.4) is 0 Å². The van der Waals surface area contributed by atoms with Crippen molar-refractivity contribution >= 4 is 33.2 Å². The number of nitrogens with one attached hydrogen (secondary N) is 1. The van der Waals surface area contributed by atoms with Crippen molar-refractivity contribution in [2.45, 2.75) is 6.92 Å². The zero-order valence-electron chi connectivity index (χ0n) is 12.3. The molecule has 0 spiro atoms. The maximum atomic E-state index is 12.4. The summed E-state index contributed by atoms with van der Waals surface area (Å²) in [6.45, 7) is 4.80. The summed E-state index contributed by atoms with van der Waals surface area (Å²) in [5.41, 5.74) is 2.33. The number of carbonyl (C=O) groups is 1. The van der Waals surface area contributed by atoms with E-state index in [2.05, 4.69) is 26.1 Å². The van der Waals surface area contributed by atoms with Crippen LogP contribution in [-0.2, 0) is 4.74 Å². The molecule has 3 rings (SSSR count). The van der Waals surface area contributed by atoms with Gasteiger partial charge < -0.3 is 19.4 Å². The Bertz CT molecular complexity index is 678. The molecule has 22 heavy (non-hydrogen) atoms. The highest BCUT2D eigenvalue weighted by molar-refractivity contribution is 9.10. The Morgan fingerprint density at radius 2 is 2.05 bits per heavy atom. The topological polar surface area (TPSA) is 54.7 Å². The van der Waals surface area contributed by atoms with Crippen LogP contribution in [0.15, 0.2) is 39.4 Å². The molecule has 2 aromatic rings. The molecule has 1 saturated heterocycles. The number of rotatable bonds is 3. The fourth-order valence-corrected chi connectivity index (χ4v) is 2.86. The first-order valence-corrected chi connectivity index (χ1v) is 7.92. The summed E-state index contributed by atoms with van der Waals surface area (Å²) >= 11 is 3.46. The van der Waals surface area contributed by atoms with Crippen LogP contribution in [0.2, 0.25) is 0 Å². The van der Waals surface area contributed by atoms with Gasteiger partial charge in [0.1, 0.15) is 5.76 Å².